The molecule has 2 saturated heterocycles. The minimum Gasteiger partial charge on any atom is -0.496 e. The van der Waals surface area contributed by atoms with Gasteiger partial charge in [-0.05, 0) is 134 Å². The van der Waals surface area contributed by atoms with Crippen LogP contribution >= 0.6 is 11.3 Å². The van der Waals surface area contributed by atoms with Crippen molar-refractivity contribution in [2.75, 3.05) is 110 Å². The number of aliphatic carboxylic acids is 2. The SMILES string of the molecule is COCCN(CCOC12CC3(C)CC(C)(CC(Cn4ncc(-c5ccc(N6CCc7c(OC)ccc(C(=O)Nc8nc9ccccc9s8)c7C6)nc5C(=O)O)c4C)(C3)C1)C2)C(=O)OCc1ccc(O[C@@H]2O[C@H](C(=O)O)[C@@H](O)[C@H](O)[C@H]2O)cc1OCCOCCNC(=O)OCc1ccc(O[C@@H]2O[C@H](C(=O)O)[C@@H](O)[C@H](O)[C@H]2O)cc1OCCOCCN. The second-order valence-corrected chi connectivity index (χ2v) is 32.8. The Hall–Kier alpha value is -10.2. The van der Waals surface area contributed by atoms with Gasteiger partial charge in [0.1, 0.15) is 97.6 Å². The number of carboxylic acids is 3. The van der Waals surface area contributed by atoms with Crippen LogP contribution in [0.15, 0.2) is 91.1 Å². The molecule has 4 saturated carbocycles. The molecule has 13 N–H and O–H groups in total. The summed E-state index contributed by atoms with van der Waals surface area (Å²) in [5.41, 5.74) is 9.67. The number of aliphatic hydroxyl groups is 6. The Morgan fingerprint density at radius 3 is 1.88 bits per heavy atom. The van der Waals surface area contributed by atoms with Gasteiger partial charge >= 0.3 is 30.1 Å². The molecule has 3 aromatic heterocycles. The van der Waals surface area contributed by atoms with E-state index in [2.05, 4.69) is 29.5 Å². The van der Waals surface area contributed by atoms with Crippen LogP contribution in [0.5, 0.6) is 28.7 Å². The number of alkyl carbamates (subject to hydrolysis) is 1. The van der Waals surface area contributed by atoms with Gasteiger partial charge in [-0.1, -0.05) is 37.3 Å². The first kappa shape index (κ1) is 87.6. The van der Waals surface area contributed by atoms with Crippen molar-refractivity contribution in [2.24, 2.45) is 22.0 Å². The normalized spacial score (nSPS) is 26.0. The predicted molar refractivity (Wildman–Crippen MR) is 424 cm³/mol. The lowest BCUT2D eigenvalue weighted by Gasteiger charge is -2.69. The number of hydrogen-bond donors (Lipinski definition) is 12. The van der Waals surface area contributed by atoms with Crippen molar-refractivity contribution >= 4 is 68.5 Å². The number of pyridine rings is 1. The highest BCUT2D eigenvalue weighted by molar-refractivity contribution is 7.22. The van der Waals surface area contributed by atoms with E-state index in [9.17, 15) is 74.7 Å². The number of amides is 3. The maximum absolute atomic E-state index is 14.3. The average Bonchev–Trinajstić information content (AvgIpc) is 0.856. The molecule has 3 aliphatic heterocycles. The van der Waals surface area contributed by atoms with Crippen LogP contribution in [-0.4, -0.2) is 273 Å². The van der Waals surface area contributed by atoms with Crippen LogP contribution in [0.25, 0.3) is 21.3 Å². The number of carbonyl (C=O) groups excluding carboxylic acids is 3. The van der Waals surface area contributed by atoms with Gasteiger partial charge in [-0.3, -0.25) is 14.8 Å². The van der Waals surface area contributed by atoms with E-state index in [1.165, 1.54) is 59.7 Å². The number of nitrogens with two attached hydrogens (primary N) is 1. The van der Waals surface area contributed by atoms with Crippen molar-refractivity contribution in [1.82, 2.24) is 30.0 Å². The summed E-state index contributed by atoms with van der Waals surface area (Å²) in [5.74, 6) is -3.53. The van der Waals surface area contributed by atoms with E-state index in [-0.39, 0.29) is 150 Å². The van der Waals surface area contributed by atoms with Crippen LogP contribution in [0.2, 0.25) is 0 Å². The van der Waals surface area contributed by atoms with Crippen molar-refractivity contribution in [1.29, 1.82) is 0 Å². The quantitative estimate of drug-likeness (QED) is 0.0226. The lowest BCUT2D eigenvalue weighted by atomic mass is 9.39. The molecular weight excluding hydrogens is 1590 g/mol. The highest BCUT2D eigenvalue weighted by atomic mass is 32.1. The van der Waals surface area contributed by atoms with Gasteiger partial charge in [0, 0.05) is 104 Å². The van der Waals surface area contributed by atoms with Crippen LogP contribution in [0, 0.1) is 23.2 Å². The van der Waals surface area contributed by atoms with Gasteiger partial charge < -0.3 is 128 Å². The molecule has 12 atom stereocenters. The second kappa shape index (κ2) is 37.9. The van der Waals surface area contributed by atoms with Gasteiger partial charge in [0.25, 0.3) is 5.91 Å². The van der Waals surface area contributed by atoms with Crippen molar-refractivity contribution in [3.05, 3.63) is 130 Å². The topological polar surface area (TPSA) is 505 Å². The molecule has 4 aromatic carbocycles. The minimum atomic E-state index is -1.99. The highest BCUT2D eigenvalue weighted by Gasteiger charge is 2.66. The maximum Gasteiger partial charge on any atom is 0.410 e. The van der Waals surface area contributed by atoms with E-state index >= 15 is 0 Å². The Bertz CT molecular complexity index is 4790. The van der Waals surface area contributed by atoms with Gasteiger partial charge in [0.05, 0.1) is 68.8 Å². The van der Waals surface area contributed by atoms with E-state index in [1.807, 2.05) is 46.8 Å². The molecule has 38 heteroatoms. The van der Waals surface area contributed by atoms with Gasteiger partial charge in [0.15, 0.2) is 23.0 Å². The number of ether oxygens (including phenoxy) is 13. The number of carbonyl (C=O) groups is 6. The highest BCUT2D eigenvalue weighted by Crippen LogP contribution is 2.72. The number of anilines is 2. The summed E-state index contributed by atoms with van der Waals surface area (Å²) in [6.45, 7) is 8.03. The summed E-state index contributed by atoms with van der Waals surface area (Å²) >= 11 is 1.38. The number of aromatic nitrogens is 4. The minimum absolute atomic E-state index is 0.00464. The number of nitrogens with one attached hydrogen (secondary N) is 2. The second-order valence-electron chi connectivity index (χ2n) is 31.8. The van der Waals surface area contributed by atoms with Crippen molar-refractivity contribution in [3.63, 3.8) is 0 Å². The third kappa shape index (κ3) is 20.0. The van der Waals surface area contributed by atoms with E-state index < -0.39 is 97.1 Å². The number of nitrogens with zero attached hydrogens (tertiary/aromatic N) is 6. The zero-order chi connectivity index (χ0) is 85.4. The monoisotopic (exact) mass is 1690 g/mol. The zero-order valence-electron chi connectivity index (χ0n) is 66.9. The van der Waals surface area contributed by atoms with Crippen LogP contribution in [0.1, 0.15) is 101 Å². The maximum atomic E-state index is 14.3. The number of aliphatic hydroxyl groups excluding tert-OH is 6. The van der Waals surface area contributed by atoms with Gasteiger partial charge in [-0.15, -0.1) is 0 Å². The Labute approximate surface area is 692 Å². The number of carboxylic acid groups (broad SMARTS) is 3. The lowest BCUT2D eigenvalue weighted by Crippen LogP contribution is -2.64. The molecule has 648 valence electrons. The number of aromatic carboxylic acids is 1. The molecule has 0 radical (unpaired) electrons. The Morgan fingerprint density at radius 2 is 1.27 bits per heavy atom. The summed E-state index contributed by atoms with van der Waals surface area (Å²) in [4.78, 5) is 91.2. The number of benzene rings is 4. The molecule has 120 heavy (non-hydrogen) atoms. The first-order valence-corrected chi connectivity index (χ1v) is 40.2. The number of thiazole rings is 1. The van der Waals surface area contributed by atoms with Crippen molar-refractivity contribution in [3.8, 4) is 39.9 Å². The third-order valence-corrected chi connectivity index (χ3v) is 23.5. The molecule has 2 unspecified atom stereocenters. The van der Waals surface area contributed by atoms with Gasteiger partial charge in [-0.2, -0.15) is 5.10 Å². The summed E-state index contributed by atoms with van der Waals surface area (Å²) in [6, 6.07) is 23.2. The Kier molecular flexibility index (Phi) is 27.6. The molecule has 4 bridgehead atoms. The molecule has 7 aromatic rings. The largest absolute Gasteiger partial charge is 0.496 e. The standard InChI is InChI=1S/C82H101N9O28S/c1-45-53(51-15-17-60(87-61(51)71(99)100)90-21-18-50-54(35-90)52(14-16-56(50)108-5)70(98)88-76-86-55-8-6-7-9-59(55)120-76)34-85-91(45)44-81-39-79(2)38-80(3,40-81)42-82(41-79,43-81)115-27-23-89(22-26-107-4)78(106)114-37-47-11-13-49(117-75-67(97)63(93)65(95)69(119-75)73(103)104)33-58(47)112-31-29-110-25-20-84-77(105)113-36-46-10-12-48(32-57(46)111-30-28-109-24-19-83)116-74-66(96)62(92)64(94)68(118-74)72(101)102/h6-17,32-34,62-69,74-75,92-97H,18-31,35-44,83H2,1-5H3,(H,84,105)(H,99,100)(H,101,102)(H,103,104)(H,86,88,98)/t62-,63-,64-,65-,66+,67+,68-,69-,74+,75+,79?,80?,81?,82?/m0/s1. The molecule has 37 nitrogen and oxygen atoms in total. The smallest absolute Gasteiger partial charge is 0.410 e. The molecule has 4 aliphatic carbocycles. The molecule has 7 aliphatic rings. The molecule has 3 amide bonds. The van der Waals surface area contributed by atoms with E-state index in [0.717, 1.165) is 59.1 Å². The number of para-hydroxylation sites is 1. The molecular formula is C82H101N9O28S. The van der Waals surface area contributed by atoms with Crippen molar-refractivity contribution < 1.29 is 136 Å². The fraction of sp³-hybridized carbons (Fsp3) is 0.524. The van der Waals surface area contributed by atoms with E-state index in [1.54, 1.807) is 31.5 Å². The number of hydrogen-bond acceptors (Lipinski definition) is 31. The fourth-order valence-corrected chi connectivity index (χ4v) is 19.1. The average molecular weight is 1690 g/mol. The van der Waals surface area contributed by atoms with Gasteiger partial charge in [0.2, 0.25) is 12.6 Å². The molecule has 6 heterocycles. The first-order valence-electron chi connectivity index (χ1n) is 39.4. The summed E-state index contributed by atoms with van der Waals surface area (Å²) in [7, 11) is 3.10. The summed E-state index contributed by atoms with van der Waals surface area (Å²) < 4.78 is 78.0. The van der Waals surface area contributed by atoms with Crippen LogP contribution in [-0.2, 0) is 80.2 Å². The number of fused-ring (bicyclic) bond motifs is 2. The van der Waals surface area contributed by atoms with Gasteiger partial charge in [-0.25, -0.2) is 33.9 Å². The fourth-order valence-electron chi connectivity index (χ4n) is 18.2. The van der Waals surface area contributed by atoms with Crippen molar-refractivity contribution in [2.45, 2.75) is 159 Å². The predicted octanol–water partition coefficient (Wildman–Crippen LogP) is 5.02. The van der Waals surface area contributed by atoms with E-state index in [4.69, 9.17) is 77.4 Å². The molecule has 14 rings (SSSR count). The molecule has 6 fully saturated rings. The number of methoxy groups -OCH3 is 2. The number of rotatable bonds is 38. The first-order chi connectivity index (χ1) is 57.5. The Morgan fingerprint density at radius 1 is 0.650 bits per heavy atom. The molecule has 0 spiro atoms. The lowest BCUT2D eigenvalue weighted by molar-refractivity contribution is -0.271. The summed E-state index contributed by atoms with van der Waals surface area (Å²) in [6.07, 6.45) is -13.2. The van der Waals surface area contributed by atoms with Crippen LogP contribution in [0.3, 0.4) is 0 Å². The summed E-state index contributed by atoms with van der Waals surface area (Å²) in [5, 5.41) is 104. The van der Waals surface area contributed by atoms with Crippen LogP contribution in [0.4, 0.5) is 20.5 Å². The van der Waals surface area contributed by atoms with Crippen LogP contribution < -0.4 is 45.0 Å². The Balaban J connectivity index is 0.629. The third-order valence-electron chi connectivity index (χ3n) is 22.5. The zero-order valence-corrected chi connectivity index (χ0v) is 67.7. The van der Waals surface area contributed by atoms with E-state index in [0.29, 0.717) is 70.4 Å².